The van der Waals surface area contributed by atoms with Gasteiger partial charge in [0.05, 0.1) is 0 Å². The normalized spacial score (nSPS) is 26.3. The van der Waals surface area contributed by atoms with Crippen LogP contribution in [0.3, 0.4) is 0 Å². The molecule has 14 heavy (non-hydrogen) atoms. The summed E-state index contributed by atoms with van der Waals surface area (Å²) < 4.78 is 0. The van der Waals surface area contributed by atoms with E-state index in [1.54, 1.807) is 0 Å². The number of hydrogen-bond donors (Lipinski definition) is 1. The molecule has 1 N–H and O–H groups in total. The van der Waals surface area contributed by atoms with Crippen molar-refractivity contribution >= 4 is 5.91 Å². The zero-order valence-electron chi connectivity index (χ0n) is 8.80. The fourth-order valence-corrected chi connectivity index (χ4v) is 2.57. The van der Waals surface area contributed by atoms with Crippen molar-refractivity contribution in [3.05, 3.63) is 0 Å². The third kappa shape index (κ3) is 2.27. The van der Waals surface area contributed by atoms with Crippen LogP contribution in [-0.2, 0) is 4.79 Å². The van der Waals surface area contributed by atoms with Crippen molar-refractivity contribution in [3.8, 4) is 0 Å². The molecule has 2 aliphatic rings. The van der Waals surface area contributed by atoms with Crippen LogP contribution in [0.5, 0.6) is 0 Å². The van der Waals surface area contributed by atoms with Crippen LogP contribution in [0.1, 0.15) is 38.5 Å². The van der Waals surface area contributed by atoms with E-state index in [0.717, 1.165) is 19.6 Å². The van der Waals surface area contributed by atoms with Crippen molar-refractivity contribution < 1.29 is 4.79 Å². The van der Waals surface area contributed by atoms with Gasteiger partial charge in [0.1, 0.15) is 0 Å². The predicted molar refractivity (Wildman–Crippen MR) is 56.1 cm³/mol. The van der Waals surface area contributed by atoms with Crippen LogP contribution in [0, 0.1) is 0 Å². The van der Waals surface area contributed by atoms with E-state index >= 15 is 0 Å². The Bertz CT molecular complexity index is 199. The number of rotatable bonds is 1. The molecule has 3 heteroatoms. The molecular weight excluding hydrogens is 176 g/mol. The van der Waals surface area contributed by atoms with Gasteiger partial charge in [-0.2, -0.15) is 0 Å². The summed E-state index contributed by atoms with van der Waals surface area (Å²) in [5.74, 6) is 0.363. The summed E-state index contributed by atoms with van der Waals surface area (Å²) in [4.78, 5) is 13.9. The summed E-state index contributed by atoms with van der Waals surface area (Å²) in [6.07, 6.45) is 7.12. The Morgan fingerprint density at radius 3 is 2.71 bits per heavy atom. The molecule has 0 aromatic heterocycles. The quantitative estimate of drug-likeness (QED) is 0.682. The second-order valence-electron chi connectivity index (χ2n) is 4.38. The molecule has 0 radical (unpaired) electrons. The molecule has 1 saturated carbocycles. The molecule has 1 saturated heterocycles. The SMILES string of the molecule is O=C1CCNCCN1C1CCCCC1. The lowest BCUT2D eigenvalue weighted by Gasteiger charge is -2.33. The molecule has 2 fully saturated rings. The van der Waals surface area contributed by atoms with Gasteiger partial charge in [-0.3, -0.25) is 4.79 Å². The maximum absolute atomic E-state index is 11.8. The molecule has 1 amide bonds. The zero-order valence-corrected chi connectivity index (χ0v) is 8.80. The molecular formula is C11H20N2O. The second-order valence-corrected chi connectivity index (χ2v) is 4.38. The number of hydrogen-bond acceptors (Lipinski definition) is 2. The topological polar surface area (TPSA) is 32.3 Å². The first-order valence-electron chi connectivity index (χ1n) is 5.88. The summed E-state index contributed by atoms with van der Waals surface area (Å²) in [7, 11) is 0. The van der Waals surface area contributed by atoms with E-state index in [4.69, 9.17) is 0 Å². The smallest absolute Gasteiger partial charge is 0.224 e. The molecule has 1 heterocycles. The van der Waals surface area contributed by atoms with Gasteiger partial charge >= 0.3 is 0 Å². The largest absolute Gasteiger partial charge is 0.338 e. The first kappa shape index (κ1) is 9.97. The van der Waals surface area contributed by atoms with Crippen LogP contribution < -0.4 is 5.32 Å². The van der Waals surface area contributed by atoms with E-state index in [9.17, 15) is 4.79 Å². The van der Waals surface area contributed by atoms with Gasteiger partial charge in [0.2, 0.25) is 5.91 Å². The number of nitrogens with zero attached hydrogens (tertiary/aromatic N) is 1. The standard InChI is InChI=1S/C11H20N2O/c14-11-6-7-12-8-9-13(11)10-4-2-1-3-5-10/h10,12H,1-9H2. The number of carbonyl (C=O) groups excluding carboxylic acids is 1. The summed E-state index contributed by atoms with van der Waals surface area (Å²) in [6.45, 7) is 2.76. The maximum atomic E-state index is 11.8. The highest BCUT2D eigenvalue weighted by atomic mass is 16.2. The van der Waals surface area contributed by atoms with Gasteiger partial charge in [-0.15, -0.1) is 0 Å². The molecule has 80 valence electrons. The van der Waals surface area contributed by atoms with Crippen molar-refractivity contribution in [2.45, 2.75) is 44.6 Å². The van der Waals surface area contributed by atoms with Gasteiger partial charge in [-0.05, 0) is 12.8 Å². The van der Waals surface area contributed by atoms with Crippen LogP contribution in [0.2, 0.25) is 0 Å². The highest BCUT2D eigenvalue weighted by Crippen LogP contribution is 2.23. The van der Waals surface area contributed by atoms with E-state index in [-0.39, 0.29) is 0 Å². The van der Waals surface area contributed by atoms with E-state index in [2.05, 4.69) is 10.2 Å². The average Bonchev–Trinajstić information content (AvgIpc) is 2.44. The summed E-state index contributed by atoms with van der Waals surface area (Å²) in [5, 5.41) is 3.28. The van der Waals surface area contributed by atoms with Gasteiger partial charge in [-0.25, -0.2) is 0 Å². The first-order chi connectivity index (χ1) is 6.88. The van der Waals surface area contributed by atoms with Crippen molar-refractivity contribution in [3.63, 3.8) is 0 Å². The minimum absolute atomic E-state index is 0.363. The minimum atomic E-state index is 0.363. The molecule has 0 spiro atoms. The van der Waals surface area contributed by atoms with E-state index < -0.39 is 0 Å². The van der Waals surface area contributed by atoms with E-state index in [1.165, 1.54) is 32.1 Å². The van der Waals surface area contributed by atoms with E-state index in [1.807, 2.05) is 0 Å². The summed E-state index contributed by atoms with van der Waals surface area (Å²) >= 11 is 0. The van der Waals surface area contributed by atoms with Gasteiger partial charge in [0, 0.05) is 32.1 Å². The number of amides is 1. The average molecular weight is 196 g/mol. The minimum Gasteiger partial charge on any atom is -0.338 e. The third-order valence-electron chi connectivity index (χ3n) is 3.38. The van der Waals surface area contributed by atoms with Crippen LogP contribution in [-0.4, -0.2) is 36.5 Å². The highest BCUT2D eigenvalue weighted by Gasteiger charge is 2.25. The fourth-order valence-electron chi connectivity index (χ4n) is 2.57. The molecule has 1 aliphatic carbocycles. The maximum Gasteiger partial charge on any atom is 0.224 e. The zero-order chi connectivity index (χ0) is 9.80. The van der Waals surface area contributed by atoms with Crippen LogP contribution >= 0.6 is 0 Å². The van der Waals surface area contributed by atoms with Crippen LogP contribution in [0.15, 0.2) is 0 Å². The van der Waals surface area contributed by atoms with Crippen LogP contribution in [0.25, 0.3) is 0 Å². The highest BCUT2D eigenvalue weighted by molar-refractivity contribution is 5.77. The van der Waals surface area contributed by atoms with Crippen molar-refractivity contribution in [1.29, 1.82) is 0 Å². The summed E-state index contributed by atoms with van der Waals surface area (Å²) in [6, 6.07) is 0.552. The molecule has 3 nitrogen and oxygen atoms in total. The monoisotopic (exact) mass is 196 g/mol. The Morgan fingerprint density at radius 1 is 1.14 bits per heavy atom. The molecule has 0 atom stereocenters. The molecule has 2 rings (SSSR count). The molecule has 1 aliphatic heterocycles. The molecule has 0 bridgehead atoms. The Hall–Kier alpha value is -0.570. The summed E-state index contributed by atoms with van der Waals surface area (Å²) in [5.41, 5.74) is 0. The Morgan fingerprint density at radius 2 is 1.93 bits per heavy atom. The van der Waals surface area contributed by atoms with E-state index in [0.29, 0.717) is 18.4 Å². The van der Waals surface area contributed by atoms with Crippen molar-refractivity contribution in [2.75, 3.05) is 19.6 Å². The second kappa shape index (κ2) is 4.78. The van der Waals surface area contributed by atoms with Gasteiger partial charge in [0.25, 0.3) is 0 Å². The number of nitrogens with one attached hydrogen (secondary N) is 1. The van der Waals surface area contributed by atoms with Crippen molar-refractivity contribution in [2.24, 2.45) is 0 Å². The Labute approximate surface area is 85.8 Å². The Balaban J connectivity index is 1.95. The van der Waals surface area contributed by atoms with Gasteiger partial charge < -0.3 is 10.2 Å². The van der Waals surface area contributed by atoms with Gasteiger partial charge in [-0.1, -0.05) is 19.3 Å². The van der Waals surface area contributed by atoms with Gasteiger partial charge in [0.15, 0.2) is 0 Å². The number of carbonyl (C=O) groups is 1. The first-order valence-corrected chi connectivity index (χ1v) is 5.88. The lowest BCUT2D eigenvalue weighted by atomic mass is 9.94. The van der Waals surface area contributed by atoms with Crippen molar-refractivity contribution in [1.82, 2.24) is 10.2 Å². The fraction of sp³-hybridized carbons (Fsp3) is 0.909. The lowest BCUT2D eigenvalue weighted by Crippen LogP contribution is -2.42. The third-order valence-corrected chi connectivity index (χ3v) is 3.38. The Kier molecular flexibility index (Phi) is 3.40. The van der Waals surface area contributed by atoms with Crippen LogP contribution in [0.4, 0.5) is 0 Å². The molecule has 0 aromatic carbocycles. The predicted octanol–water partition coefficient (Wildman–Crippen LogP) is 1.14. The molecule has 0 unspecified atom stereocenters. The lowest BCUT2D eigenvalue weighted by molar-refractivity contribution is -0.133. The molecule has 0 aromatic rings.